The lowest BCUT2D eigenvalue weighted by Gasteiger charge is -2.09. The van der Waals surface area contributed by atoms with Gasteiger partial charge < -0.3 is 11.1 Å². The Hall–Kier alpha value is -2.66. The molecule has 3 N–H and O–H groups in total. The fourth-order valence-corrected chi connectivity index (χ4v) is 3.45. The highest BCUT2D eigenvalue weighted by atomic mass is 32.1. The van der Waals surface area contributed by atoms with Gasteiger partial charge in [0.2, 0.25) is 0 Å². The molecule has 0 aliphatic heterocycles. The normalized spacial score (nSPS) is 11.1. The molecular weight excluding hydrogens is 297 g/mol. The van der Waals surface area contributed by atoms with E-state index in [4.69, 9.17) is 5.73 Å². The van der Waals surface area contributed by atoms with Crippen molar-refractivity contribution in [3.05, 3.63) is 59.7 Å². The van der Waals surface area contributed by atoms with Crippen LogP contribution in [0.15, 0.2) is 53.9 Å². The molecule has 0 amide bonds. The molecule has 22 heavy (non-hydrogen) atoms. The number of rotatable bonds is 2. The van der Waals surface area contributed by atoms with Crippen molar-refractivity contribution in [2.45, 2.75) is 0 Å². The molecule has 0 aliphatic carbocycles. The van der Waals surface area contributed by atoms with Gasteiger partial charge >= 0.3 is 0 Å². The number of hydrogen-bond acceptors (Lipinski definition) is 4. The molecule has 0 aliphatic rings. The number of nitrogens with two attached hydrogens (primary N) is 1. The predicted molar refractivity (Wildman–Crippen MR) is 91.2 cm³/mol. The molecule has 0 bridgehead atoms. The molecule has 0 saturated carbocycles. The monoisotopic (exact) mass is 309 g/mol. The first-order chi connectivity index (χ1) is 10.7. The van der Waals surface area contributed by atoms with Crippen LogP contribution < -0.4 is 11.1 Å². The summed E-state index contributed by atoms with van der Waals surface area (Å²) < 4.78 is 14.5. The molecule has 0 fully saturated rings. The number of aromatic nitrogens is 1. The zero-order chi connectivity index (χ0) is 15.1. The molecule has 0 spiro atoms. The summed E-state index contributed by atoms with van der Waals surface area (Å²) in [6.45, 7) is 0. The highest BCUT2D eigenvalue weighted by molar-refractivity contribution is 7.18. The van der Waals surface area contributed by atoms with Crippen LogP contribution in [0.1, 0.15) is 0 Å². The average Bonchev–Trinajstić information content (AvgIpc) is 2.97. The van der Waals surface area contributed by atoms with Crippen molar-refractivity contribution in [2.75, 3.05) is 11.1 Å². The Labute approximate surface area is 130 Å². The summed E-state index contributed by atoms with van der Waals surface area (Å²) in [6, 6.07) is 14.1. The van der Waals surface area contributed by atoms with E-state index in [-0.39, 0.29) is 5.82 Å². The van der Waals surface area contributed by atoms with E-state index in [2.05, 4.69) is 10.3 Å². The first-order valence-electron chi connectivity index (χ1n) is 6.80. The second-order valence-electron chi connectivity index (χ2n) is 5.04. The number of halogens is 1. The Morgan fingerprint density at radius 1 is 1.05 bits per heavy atom. The Bertz CT molecular complexity index is 994. The summed E-state index contributed by atoms with van der Waals surface area (Å²) >= 11 is 1.66. The molecule has 108 valence electrons. The van der Waals surface area contributed by atoms with Crippen molar-refractivity contribution in [1.82, 2.24) is 4.98 Å². The van der Waals surface area contributed by atoms with E-state index in [0.29, 0.717) is 17.2 Å². The van der Waals surface area contributed by atoms with Gasteiger partial charge in [0.1, 0.15) is 11.6 Å². The van der Waals surface area contributed by atoms with E-state index in [1.807, 2.05) is 35.7 Å². The third kappa shape index (κ3) is 2.16. The standard InChI is InChI=1S/C17H12FN3S/c18-10-2-1-3-12(8-10)20-17-14-6-7-22-16(14)13-5-4-11(19)9-15(13)21-17/h1-9H,19H2,(H,20,21). The SMILES string of the molecule is Nc1ccc2c(c1)nc(Nc1cccc(F)c1)c1ccsc12. The van der Waals surface area contributed by atoms with Crippen LogP contribution in [-0.4, -0.2) is 4.98 Å². The van der Waals surface area contributed by atoms with E-state index >= 15 is 0 Å². The lowest BCUT2D eigenvalue weighted by atomic mass is 10.1. The van der Waals surface area contributed by atoms with Crippen molar-refractivity contribution < 1.29 is 4.39 Å². The Kier molecular flexibility index (Phi) is 2.94. The molecule has 0 atom stereocenters. The lowest BCUT2D eigenvalue weighted by molar-refractivity contribution is 0.628. The second-order valence-corrected chi connectivity index (χ2v) is 5.95. The zero-order valence-electron chi connectivity index (χ0n) is 11.5. The van der Waals surface area contributed by atoms with Gasteiger partial charge in [-0.3, -0.25) is 0 Å². The lowest BCUT2D eigenvalue weighted by Crippen LogP contribution is -1.96. The maximum atomic E-state index is 13.4. The fraction of sp³-hybridized carbons (Fsp3) is 0. The van der Waals surface area contributed by atoms with Gasteiger partial charge in [0.05, 0.1) is 5.52 Å². The summed E-state index contributed by atoms with van der Waals surface area (Å²) in [5.74, 6) is 0.427. The second kappa shape index (κ2) is 4.96. The summed E-state index contributed by atoms with van der Waals surface area (Å²) in [5, 5.41) is 7.32. The highest BCUT2D eigenvalue weighted by Gasteiger charge is 2.10. The van der Waals surface area contributed by atoms with E-state index in [1.165, 1.54) is 12.1 Å². The summed E-state index contributed by atoms with van der Waals surface area (Å²) in [5.41, 5.74) is 8.03. The number of pyridine rings is 1. The molecule has 2 aromatic heterocycles. The molecule has 3 nitrogen and oxygen atoms in total. The van der Waals surface area contributed by atoms with Gasteiger partial charge in [-0.25, -0.2) is 9.37 Å². The van der Waals surface area contributed by atoms with Crippen molar-refractivity contribution in [3.63, 3.8) is 0 Å². The van der Waals surface area contributed by atoms with Crippen LogP contribution in [0.4, 0.5) is 21.6 Å². The van der Waals surface area contributed by atoms with E-state index in [1.54, 1.807) is 17.4 Å². The Balaban J connectivity index is 1.93. The number of fused-ring (bicyclic) bond motifs is 3. The van der Waals surface area contributed by atoms with Gasteiger partial charge in [-0.1, -0.05) is 6.07 Å². The number of benzene rings is 2. The van der Waals surface area contributed by atoms with Crippen LogP contribution in [0.2, 0.25) is 0 Å². The van der Waals surface area contributed by atoms with Crippen molar-refractivity contribution >= 4 is 49.5 Å². The van der Waals surface area contributed by atoms with Crippen molar-refractivity contribution in [2.24, 2.45) is 0 Å². The number of nitrogens with zero attached hydrogens (tertiary/aromatic N) is 1. The van der Waals surface area contributed by atoms with Gasteiger partial charge in [-0.05, 0) is 47.8 Å². The Morgan fingerprint density at radius 2 is 1.95 bits per heavy atom. The Morgan fingerprint density at radius 3 is 2.82 bits per heavy atom. The molecule has 0 unspecified atom stereocenters. The maximum absolute atomic E-state index is 13.4. The number of anilines is 3. The summed E-state index contributed by atoms with van der Waals surface area (Å²) in [6.07, 6.45) is 0. The van der Waals surface area contributed by atoms with Crippen LogP contribution >= 0.6 is 11.3 Å². The fourth-order valence-electron chi connectivity index (χ4n) is 2.52. The summed E-state index contributed by atoms with van der Waals surface area (Å²) in [4.78, 5) is 4.65. The number of thiophene rings is 1. The third-order valence-electron chi connectivity index (χ3n) is 3.51. The molecule has 0 saturated heterocycles. The van der Waals surface area contributed by atoms with Crippen molar-refractivity contribution in [3.8, 4) is 0 Å². The molecule has 2 aromatic carbocycles. The number of hydrogen-bond donors (Lipinski definition) is 2. The van der Waals surface area contributed by atoms with Crippen LogP contribution in [0.5, 0.6) is 0 Å². The molecule has 4 aromatic rings. The quantitative estimate of drug-likeness (QED) is 0.517. The molecule has 4 rings (SSSR count). The maximum Gasteiger partial charge on any atom is 0.139 e. The number of nitrogens with one attached hydrogen (secondary N) is 1. The largest absolute Gasteiger partial charge is 0.399 e. The molecule has 2 heterocycles. The van der Waals surface area contributed by atoms with E-state index < -0.39 is 0 Å². The van der Waals surface area contributed by atoms with Crippen LogP contribution in [0.25, 0.3) is 21.0 Å². The van der Waals surface area contributed by atoms with Crippen LogP contribution in [0.3, 0.4) is 0 Å². The molecular formula is C17H12FN3S. The zero-order valence-corrected chi connectivity index (χ0v) is 12.3. The molecule has 0 radical (unpaired) electrons. The van der Waals surface area contributed by atoms with Gasteiger partial charge in [-0.2, -0.15) is 0 Å². The average molecular weight is 309 g/mol. The van der Waals surface area contributed by atoms with Crippen molar-refractivity contribution in [1.29, 1.82) is 0 Å². The molecule has 5 heteroatoms. The van der Waals surface area contributed by atoms with Gasteiger partial charge in [-0.15, -0.1) is 11.3 Å². The van der Waals surface area contributed by atoms with Gasteiger partial charge in [0, 0.05) is 26.8 Å². The minimum atomic E-state index is -0.281. The number of nitrogen functional groups attached to an aromatic ring is 1. The minimum absolute atomic E-state index is 0.281. The van der Waals surface area contributed by atoms with Crippen LogP contribution in [-0.2, 0) is 0 Å². The van der Waals surface area contributed by atoms with Crippen LogP contribution in [0, 0.1) is 5.82 Å². The van der Waals surface area contributed by atoms with Gasteiger partial charge in [0.25, 0.3) is 0 Å². The van der Waals surface area contributed by atoms with E-state index in [0.717, 1.165) is 21.0 Å². The topological polar surface area (TPSA) is 50.9 Å². The third-order valence-corrected chi connectivity index (χ3v) is 4.45. The van der Waals surface area contributed by atoms with E-state index in [9.17, 15) is 4.39 Å². The van der Waals surface area contributed by atoms with Gasteiger partial charge in [0.15, 0.2) is 0 Å². The highest BCUT2D eigenvalue weighted by Crippen LogP contribution is 2.35. The predicted octanol–water partition coefficient (Wildman–Crippen LogP) is 4.91. The smallest absolute Gasteiger partial charge is 0.139 e. The first-order valence-corrected chi connectivity index (χ1v) is 7.68. The first kappa shape index (κ1) is 13.0. The minimum Gasteiger partial charge on any atom is -0.399 e. The summed E-state index contributed by atoms with van der Waals surface area (Å²) in [7, 11) is 0.